The Balaban J connectivity index is 1.97. The van der Waals surface area contributed by atoms with Crippen molar-refractivity contribution < 1.29 is 18.3 Å². The lowest BCUT2D eigenvalue weighted by Crippen LogP contribution is -2.45. The smallest absolute Gasteiger partial charge is 0.387 e. The molecule has 0 saturated carbocycles. The molecule has 0 spiro atoms. The molecule has 1 aliphatic heterocycles. The average molecular weight is 298 g/mol. The Kier molecular flexibility index (Phi) is 5.12. The molecule has 1 aromatic carbocycles. The van der Waals surface area contributed by atoms with Crippen LogP contribution in [0.25, 0.3) is 0 Å². The highest BCUT2D eigenvalue weighted by molar-refractivity contribution is 5.76. The second kappa shape index (κ2) is 6.85. The fourth-order valence-electron chi connectivity index (χ4n) is 2.64. The number of carbonyl (C=O) groups excluding carboxylic acids is 1. The van der Waals surface area contributed by atoms with E-state index in [1.165, 1.54) is 12.1 Å². The SMILES string of the molecule is CC1CCC(C(N)=O)CN1Cc1ccc(OC(F)F)cc1. The van der Waals surface area contributed by atoms with Gasteiger partial charge in [0, 0.05) is 19.1 Å². The van der Waals surface area contributed by atoms with Gasteiger partial charge >= 0.3 is 6.61 Å². The zero-order valence-corrected chi connectivity index (χ0v) is 12.0. The van der Waals surface area contributed by atoms with Crippen LogP contribution in [0.15, 0.2) is 24.3 Å². The molecule has 0 radical (unpaired) electrons. The van der Waals surface area contributed by atoms with E-state index in [0.29, 0.717) is 19.1 Å². The molecule has 0 aromatic heterocycles. The minimum atomic E-state index is -2.81. The number of nitrogens with two attached hydrogens (primary N) is 1. The quantitative estimate of drug-likeness (QED) is 0.908. The van der Waals surface area contributed by atoms with Gasteiger partial charge in [0.15, 0.2) is 0 Å². The van der Waals surface area contributed by atoms with E-state index in [1.807, 2.05) is 0 Å². The molecule has 2 N–H and O–H groups in total. The summed E-state index contributed by atoms with van der Waals surface area (Å²) in [5.41, 5.74) is 6.38. The molecule has 21 heavy (non-hydrogen) atoms. The first kappa shape index (κ1) is 15.7. The lowest BCUT2D eigenvalue weighted by molar-refractivity contribution is -0.124. The maximum Gasteiger partial charge on any atom is 0.387 e. The molecule has 1 aliphatic rings. The van der Waals surface area contributed by atoms with E-state index in [1.54, 1.807) is 12.1 Å². The lowest BCUT2D eigenvalue weighted by Gasteiger charge is -2.36. The summed E-state index contributed by atoms with van der Waals surface area (Å²) in [5, 5.41) is 0. The molecule has 1 heterocycles. The highest BCUT2D eigenvalue weighted by Gasteiger charge is 2.28. The number of likely N-dealkylation sites (tertiary alicyclic amines) is 1. The number of alkyl halides is 2. The molecule has 2 unspecified atom stereocenters. The maximum absolute atomic E-state index is 12.1. The molecule has 1 fully saturated rings. The van der Waals surface area contributed by atoms with Gasteiger partial charge in [-0.3, -0.25) is 9.69 Å². The summed E-state index contributed by atoms with van der Waals surface area (Å²) in [5.74, 6) is -0.217. The number of benzene rings is 1. The summed E-state index contributed by atoms with van der Waals surface area (Å²) in [4.78, 5) is 13.5. The lowest BCUT2D eigenvalue weighted by atomic mass is 9.92. The van der Waals surface area contributed by atoms with Gasteiger partial charge in [-0.2, -0.15) is 8.78 Å². The average Bonchev–Trinajstić information content (AvgIpc) is 2.42. The van der Waals surface area contributed by atoms with Crippen molar-refractivity contribution in [1.29, 1.82) is 0 Å². The van der Waals surface area contributed by atoms with Crippen molar-refractivity contribution in [1.82, 2.24) is 4.90 Å². The van der Waals surface area contributed by atoms with Crippen LogP contribution in [0.3, 0.4) is 0 Å². The number of hydrogen-bond donors (Lipinski definition) is 1. The summed E-state index contributed by atoms with van der Waals surface area (Å²) in [6.45, 7) is 0.617. The predicted molar refractivity (Wildman–Crippen MR) is 74.9 cm³/mol. The highest BCUT2D eigenvalue weighted by atomic mass is 19.3. The Hall–Kier alpha value is -1.69. The van der Waals surface area contributed by atoms with E-state index >= 15 is 0 Å². The molecule has 1 aromatic rings. The third kappa shape index (κ3) is 4.39. The number of ether oxygens (including phenoxy) is 1. The standard InChI is InChI=1S/C15H20F2N2O2/c1-10-2-5-12(14(18)20)9-19(10)8-11-3-6-13(7-4-11)21-15(16)17/h3-4,6-7,10,12,15H,2,5,8-9H2,1H3,(H2,18,20). The van der Waals surface area contributed by atoms with Crippen LogP contribution < -0.4 is 10.5 Å². The zero-order chi connectivity index (χ0) is 15.4. The van der Waals surface area contributed by atoms with Crippen LogP contribution in [-0.4, -0.2) is 30.0 Å². The molecule has 6 heteroatoms. The number of halogens is 2. The molecule has 2 rings (SSSR count). The van der Waals surface area contributed by atoms with Gasteiger partial charge in [0.2, 0.25) is 5.91 Å². The second-order valence-corrected chi connectivity index (χ2v) is 5.48. The molecule has 1 saturated heterocycles. The minimum absolute atomic E-state index is 0.109. The number of carbonyl (C=O) groups is 1. The fraction of sp³-hybridized carbons (Fsp3) is 0.533. The molecule has 2 atom stereocenters. The van der Waals surface area contributed by atoms with Gasteiger partial charge in [-0.25, -0.2) is 0 Å². The van der Waals surface area contributed by atoms with Crippen LogP contribution in [0.1, 0.15) is 25.3 Å². The summed E-state index contributed by atoms with van der Waals surface area (Å²) < 4.78 is 28.5. The van der Waals surface area contributed by atoms with Gasteiger partial charge < -0.3 is 10.5 Å². The molecule has 116 valence electrons. The van der Waals surface area contributed by atoms with E-state index in [9.17, 15) is 13.6 Å². The zero-order valence-electron chi connectivity index (χ0n) is 12.0. The molecule has 1 amide bonds. The van der Waals surface area contributed by atoms with Gasteiger partial charge in [0.1, 0.15) is 5.75 Å². The van der Waals surface area contributed by atoms with Gasteiger partial charge in [-0.05, 0) is 37.5 Å². The monoisotopic (exact) mass is 298 g/mol. The van der Waals surface area contributed by atoms with E-state index in [-0.39, 0.29) is 17.6 Å². The van der Waals surface area contributed by atoms with Crippen molar-refractivity contribution in [3.63, 3.8) is 0 Å². The van der Waals surface area contributed by atoms with E-state index < -0.39 is 6.61 Å². The van der Waals surface area contributed by atoms with Crippen molar-refractivity contribution in [3.05, 3.63) is 29.8 Å². The first-order chi connectivity index (χ1) is 9.95. The number of amides is 1. The van der Waals surface area contributed by atoms with Crippen LogP contribution in [-0.2, 0) is 11.3 Å². The van der Waals surface area contributed by atoms with Crippen LogP contribution in [0.4, 0.5) is 8.78 Å². The maximum atomic E-state index is 12.1. The van der Waals surface area contributed by atoms with Gasteiger partial charge in [0.25, 0.3) is 0 Å². The third-order valence-corrected chi connectivity index (χ3v) is 3.95. The van der Waals surface area contributed by atoms with Gasteiger partial charge in [-0.15, -0.1) is 0 Å². The normalized spacial score (nSPS) is 23.2. The van der Waals surface area contributed by atoms with Crippen LogP contribution in [0, 0.1) is 5.92 Å². The topological polar surface area (TPSA) is 55.6 Å². The summed E-state index contributed by atoms with van der Waals surface area (Å²) in [6, 6.07) is 6.96. The summed E-state index contributed by atoms with van der Waals surface area (Å²) in [7, 11) is 0. The van der Waals surface area contributed by atoms with Gasteiger partial charge in [0.05, 0.1) is 5.92 Å². The summed E-state index contributed by atoms with van der Waals surface area (Å²) >= 11 is 0. The largest absolute Gasteiger partial charge is 0.435 e. The number of primary amides is 1. The van der Waals surface area contributed by atoms with E-state index in [0.717, 1.165) is 18.4 Å². The fourth-order valence-corrected chi connectivity index (χ4v) is 2.64. The Morgan fingerprint density at radius 2 is 2.05 bits per heavy atom. The predicted octanol–water partition coefficient (Wildman–Crippen LogP) is 2.37. The van der Waals surface area contributed by atoms with Crippen molar-refractivity contribution in [2.24, 2.45) is 11.7 Å². The van der Waals surface area contributed by atoms with Crippen molar-refractivity contribution >= 4 is 5.91 Å². The number of nitrogens with zero attached hydrogens (tertiary/aromatic N) is 1. The molecule has 4 nitrogen and oxygen atoms in total. The molecular formula is C15H20F2N2O2. The number of hydrogen-bond acceptors (Lipinski definition) is 3. The van der Waals surface area contributed by atoms with Crippen LogP contribution >= 0.6 is 0 Å². The molecule has 0 bridgehead atoms. The number of piperidine rings is 1. The van der Waals surface area contributed by atoms with Crippen LogP contribution in [0.2, 0.25) is 0 Å². The highest BCUT2D eigenvalue weighted by Crippen LogP contribution is 2.24. The van der Waals surface area contributed by atoms with Crippen LogP contribution in [0.5, 0.6) is 5.75 Å². The number of rotatable bonds is 5. The Bertz CT molecular complexity index is 479. The Labute approximate surface area is 122 Å². The van der Waals surface area contributed by atoms with Crippen molar-refractivity contribution in [3.8, 4) is 5.75 Å². The molecular weight excluding hydrogens is 278 g/mol. The first-order valence-corrected chi connectivity index (χ1v) is 7.03. The summed E-state index contributed by atoms with van der Waals surface area (Å²) in [6.07, 6.45) is 1.76. The van der Waals surface area contributed by atoms with E-state index in [2.05, 4.69) is 16.6 Å². The molecule has 0 aliphatic carbocycles. The van der Waals surface area contributed by atoms with E-state index in [4.69, 9.17) is 5.73 Å². The minimum Gasteiger partial charge on any atom is -0.435 e. The van der Waals surface area contributed by atoms with Gasteiger partial charge in [-0.1, -0.05) is 12.1 Å². The Morgan fingerprint density at radius 1 is 1.38 bits per heavy atom. The first-order valence-electron chi connectivity index (χ1n) is 7.03. The Morgan fingerprint density at radius 3 is 2.62 bits per heavy atom. The third-order valence-electron chi connectivity index (χ3n) is 3.95. The van der Waals surface area contributed by atoms with Crippen molar-refractivity contribution in [2.45, 2.75) is 39.0 Å². The second-order valence-electron chi connectivity index (χ2n) is 5.48. The van der Waals surface area contributed by atoms with Crippen molar-refractivity contribution in [2.75, 3.05) is 6.54 Å².